The van der Waals surface area contributed by atoms with Crippen LogP contribution < -0.4 is 16.2 Å². The molecule has 1 aromatic carbocycles. The first-order valence-corrected chi connectivity index (χ1v) is 8.47. The summed E-state index contributed by atoms with van der Waals surface area (Å²) in [5.41, 5.74) is 9.25. The Labute approximate surface area is 146 Å². The standard InChI is InChI=1S/C17H22ClN5O/c1-11-17(18)12(2)23(22-11)9-8-16(24)19-15-10-14(20-21-15)13-6-4-3-5-7-13/h3-7,14-15,20-21H,8-10H2,1-2H3,(H,19,24). The molecule has 2 unspecified atom stereocenters. The maximum absolute atomic E-state index is 12.2. The molecule has 0 radical (unpaired) electrons. The number of carbonyl (C=O) groups excluding carboxylic acids is 1. The van der Waals surface area contributed by atoms with Crippen LogP contribution in [0.15, 0.2) is 30.3 Å². The Kier molecular flexibility index (Phi) is 5.18. The van der Waals surface area contributed by atoms with Crippen molar-refractivity contribution in [3.63, 3.8) is 0 Å². The molecular formula is C17H22ClN5O. The Morgan fingerprint density at radius 1 is 1.33 bits per heavy atom. The molecule has 128 valence electrons. The van der Waals surface area contributed by atoms with Crippen molar-refractivity contribution in [2.45, 2.75) is 45.4 Å². The van der Waals surface area contributed by atoms with Crippen LogP contribution in [0.1, 0.15) is 35.8 Å². The van der Waals surface area contributed by atoms with Crippen LogP contribution in [0.3, 0.4) is 0 Å². The monoisotopic (exact) mass is 347 g/mol. The third kappa shape index (κ3) is 3.77. The molecule has 2 atom stereocenters. The third-order valence-corrected chi connectivity index (χ3v) is 4.83. The molecule has 2 heterocycles. The van der Waals surface area contributed by atoms with Gasteiger partial charge >= 0.3 is 0 Å². The lowest BCUT2D eigenvalue weighted by Crippen LogP contribution is -2.44. The quantitative estimate of drug-likeness (QED) is 0.775. The van der Waals surface area contributed by atoms with Gasteiger partial charge in [-0.25, -0.2) is 10.9 Å². The van der Waals surface area contributed by atoms with Crippen LogP contribution >= 0.6 is 11.6 Å². The Balaban J connectivity index is 1.48. The van der Waals surface area contributed by atoms with Crippen molar-refractivity contribution in [3.8, 4) is 0 Å². The number of carbonyl (C=O) groups is 1. The van der Waals surface area contributed by atoms with E-state index in [4.69, 9.17) is 11.6 Å². The van der Waals surface area contributed by atoms with Gasteiger partial charge in [-0.15, -0.1) is 0 Å². The third-order valence-electron chi connectivity index (χ3n) is 4.28. The summed E-state index contributed by atoms with van der Waals surface area (Å²) in [6.45, 7) is 4.30. The summed E-state index contributed by atoms with van der Waals surface area (Å²) in [5, 5.41) is 8.01. The van der Waals surface area contributed by atoms with E-state index in [0.717, 1.165) is 17.8 Å². The van der Waals surface area contributed by atoms with Crippen molar-refractivity contribution in [2.75, 3.05) is 0 Å². The van der Waals surface area contributed by atoms with Crippen molar-refractivity contribution >= 4 is 17.5 Å². The molecule has 0 saturated carbocycles. The molecular weight excluding hydrogens is 326 g/mol. The zero-order chi connectivity index (χ0) is 17.1. The minimum absolute atomic E-state index is 0.00770. The predicted octanol–water partition coefficient (Wildman–Crippen LogP) is 2.22. The summed E-state index contributed by atoms with van der Waals surface area (Å²) in [7, 11) is 0. The van der Waals surface area contributed by atoms with Gasteiger partial charge in [0, 0.05) is 18.9 Å². The normalized spacial score (nSPS) is 20.3. The number of hydrogen-bond donors (Lipinski definition) is 3. The van der Waals surface area contributed by atoms with Crippen LogP contribution in [0.25, 0.3) is 0 Å². The van der Waals surface area contributed by atoms with Gasteiger partial charge in [0.25, 0.3) is 0 Å². The summed E-state index contributed by atoms with van der Waals surface area (Å²) in [4.78, 5) is 12.2. The van der Waals surface area contributed by atoms with Crippen molar-refractivity contribution in [2.24, 2.45) is 0 Å². The van der Waals surface area contributed by atoms with Gasteiger partial charge in [-0.05, 0) is 19.4 Å². The van der Waals surface area contributed by atoms with Crippen LogP contribution in [0, 0.1) is 13.8 Å². The molecule has 3 N–H and O–H groups in total. The largest absolute Gasteiger partial charge is 0.339 e. The zero-order valence-corrected chi connectivity index (χ0v) is 14.6. The van der Waals surface area contributed by atoms with E-state index >= 15 is 0 Å². The molecule has 3 rings (SSSR count). The van der Waals surface area contributed by atoms with Crippen molar-refractivity contribution in [1.29, 1.82) is 0 Å². The number of amides is 1. The minimum atomic E-state index is -0.0771. The molecule has 1 amide bonds. The fraction of sp³-hybridized carbons (Fsp3) is 0.412. The SMILES string of the molecule is Cc1nn(CCC(=O)NC2CC(c3ccccc3)NN2)c(C)c1Cl. The van der Waals surface area contributed by atoms with Gasteiger partial charge in [0.15, 0.2) is 0 Å². The van der Waals surface area contributed by atoms with Gasteiger partial charge in [-0.1, -0.05) is 41.9 Å². The smallest absolute Gasteiger partial charge is 0.223 e. The fourth-order valence-electron chi connectivity index (χ4n) is 2.92. The lowest BCUT2D eigenvalue weighted by Gasteiger charge is -2.12. The summed E-state index contributed by atoms with van der Waals surface area (Å²) < 4.78 is 1.78. The number of hydrazine groups is 1. The number of halogens is 1. The molecule has 1 fully saturated rings. The number of rotatable bonds is 5. The average Bonchev–Trinajstić information content (AvgIpc) is 3.14. The highest BCUT2D eigenvalue weighted by Gasteiger charge is 2.25. The number of hydrogen-bond acceptors (Lipinski definition) is 4. The first-order chi connectivity index (χ1) is 11.5. The second kappa shape index (κ2) is 7.34. The summed E-state index contributed by atoms with van der Waals surface area (Å²) in [6, 6.07) is 10.4. The molecule has 1 aliphatic rings. The Bertz CT molecular complexity index is 715. The Hall–Kier alpha value is -1.89. The van der Waals surface area contributed by atoms with E-state index in [2.05, 4.69) is 33.4 Å². The molecule has 1 saturated heterocycles. The number of aryl methyl sites for hydroxylation is 2. The molecule has 0 bridgehead atoms. The number of benzene rings is 1. The van der Waals surface area contributed by atoms with E-state index < -0.39 is 0 Å². The van der Waals surface area contributed by atoms with Gasteiger partial charge in [-0.3, -0.25) is 9.48 Å². The summed E-state index contributed by atoms with van der Waals surface area (Å²) in [6.07, 6.45) is 1.10. The van der Waals surface area contributed by atoms with E-state index in [1.807, 2.05) is 32.0 Å². The van der Waals surface area contributed by atoms with Gasteiger partial charge in [-0.2, -0.15) is 5.10 Å². The lowest BCUT2D eigenvalue weighted by atomic mass is 10.0. The molecule has 7 heteroatoms. The van der Waals surface area contributed by atoms with Crippen LogP contribution in [0.4, 0.5) is 0 Å². The maximum atomic E-state index is 12.2. The van der Waals surface area contributed by atoms with Gasteiger partial charge in [0.05, 0.1) is 29.1 Å². The van der Waals surface area contributed by atoms with Gasteiger partial charge in [0.1, 0.15) is 0 Å². The summed E-state index contributed by atoms with van der Waals surface area (Å²) in [5.74, 6) is -0.00770. The van der Waals surface area contributed by atoms with Gasteiger partial charge < -0.3 is 5.32 Å². The predicted molar refractivity (Wildman–Crippen MR) is 93.3 cm³/mol. The van der Waals surface area contributed by atoms with Crippen molar-refractivity contribution < 1.29 is 4.79 Å². The zero-order valence-electron chi connectivity index (χ0n) is 13.8. The second-order valence-electron chi connectivity index (χ2n) is 6.07. The highest BCUT2D eigenvalue weighted by atomic mass is 35.5. The first kappa shape index (κ1) is 17.0. The molecule has 0 spiro atoms. The highest BCUT2D eigenvalue weighted by molar-refractivity contribution is 6.31. The number of nitrogens with zero attached hydrogens (tertiary/aromatic N) is 2. The lowest BCUT2D eigenvalue weighted by molar-refractivity contribution is -0.122. The molecule has 1 aromatic heterocycles. The van der Waals surface area contributed by atoms with E-state index in [9.17, 15) is 4.79 Å². The molecule has 24 heavy (non-hydrogen) atoms. The van der Waals surface area contributed by atoms with Crippen molar-refractivity contribution in [3.05, 3.63) is 52.3 Å². The summed E-state index contributed by atoms with van der Waals surface area (Å²) >= 11 is 6.12. The van der Waals surface area contributed by atoms with Crippen LogP contribution in [0.5, 0.6) is 0 Å². The second-order valence-corrected chi connectivity index (χ2v) is 6.44. The number of nitrogens with one attached hydrogen (secondary N) is 3. The first-order valence-electron chi connectivity index (χ1n) is 8.09. The van der Waals surface area contributed by atoms with Crippen LogP contribution in [-0.4, -0.2) is 21.9 Å². The molecule has 1 aliphatic heterocycles. The van der Waals surface area contributed by atoms with Crippen molar-refractivity contribution in [1.82, 2.24) is 25.9 Å². The van der Waals surface area contributed by atoms with E-state index in [1.54, 1.807) is 4.68 Å². The van der Waals surface area contributed by atoms with Crippen LogP contribution in [0.2, 0.25) is 5.02 Å². The molecule has 6 nitrogen and oxygen atoms in total. The number of aromatic nitrogens is 2. The fourth-order valence-corrected chi connectivity index (χ4v) is 3.06. The average molecular weight is 348 g/mol. The maximum Gasteiger partial charge on any atom is 0.223 e. The topological polar surface area (TPSA) is 71.0 Å². The van der Waals surface area contributed by atoms with E-state index in [0.29, 0.717) is 18.0 Å². The highest BCUT2D eigenvalue weighted by Crippen LogP contribution is 2.21. The van der Waals surface area contributed by atoms with E-state index in [1.165, 1.54) is 5.56 Å². The Morgan fingerprint density at radius 3 is 2.75 bits per heavy atom. The molecule has 0 aliphatic carbocycles. The Morgan fingerprint density at radius 2 is 2.08 bits per heavy atom. The minimum Gasteiger partial charge on any atom is -0.339 e. The van der Waals surface area contributed by atoms with Gasteiger partial charge in [0.2, 0.25) is 5.91 Å². The molecule has 2 aromatic rings. The van der Waals surface area contributed by atoms with Crippen LogP contribution in [-0.2, 0) is 11.3 Å². The van der Waals surface area contributed by atoms with E-state index in [-0.39, 0.29) is 18.1 Å².